The molecule has 1 saturated carbocycles. The van der Waals surface area contributed by atoms with Gasteiger partial charge in [0.1, 0.15) is 5.65 Å². The zero-order valence-corrected chi connectivity index (χ0v) is 22.4. The minimum atomic E-state index is 0.229. The Morgan fingerprint density at radius 1 is 1.16 bits per heavy atom. The number of rotatable bonds is 6. The van der Waals surface area contributed by atoms with Crippen LogP contribution in [0.2, 0.25) is 10.6 Å². The summed E-state index contributed by atoms with van der Waals surface area (Å²) in [4.78, 5) is 19.3. The van der Waals surface area contributed by atoms with Crippen molar-refractivity contribution in [2.75, 3.05) is 13.6 Å². The number of fused-ring (bicyclic) bond motifs is 1. The molecule has 0 bridgehead atoms. The van der Waals surface area contributed by atoms with Gasteiger partial charge in [-0.25, -0.2) is 4.98 Å². The summed E-state index contributed by atoms with van der Waals surface area (Å²) < 4.78 is 3.51. The topological polar surface area (TPSA) is 59.8 Å². The largest absolute Gasteiger partial charge is 0.320 e. The van der Waals surface area contributed by atoms with Crippen LogP contribution in [0.5, 0.6) is 0 Å². The van der Waals surface area contributed by atoms with Crippen molar-refractivity contribution in [3.8, 4) is 0 Å². The second-order valence-corrected chi connectivity index (χ2v) is 9.47. The average molecular weight is 524 g/mol. The number of halogens is 1. The van der Waals surface area contributed by atoms with E-state index in [-0.39, 0.29) is 5.28 Å². The zero-order valence-electron chi connectivity index (χ0n) is 20.0. The molecule has 0 unspecified atom stereocenters. The minimum Gasteiger partial charge on any atom is -0.320 e. The molecule has 4 rings (SSSR count). The molecule has 0 spiro atoms. The molecular formula is C25H37ClN4OSe. The van der Waals surface area contributed by atoms with Crippen molar-refractivity contribution >= 4 is 48.3 Å². The van der Waals surface area contributed by atoms with Crippen LogP contribution in [-0.4, -0.2) is 49.4 Å². The molecule has 1 N–H and O–H groups in total. The Kier molecular flexibility index (Phi) is 14.9. The fourth-order valence-corrected chi connectivity index (χ4v) is 5.43. The molecule has 176 valence electrons. The smallest absolute Gasteiger partial charge is 0.224 e. The predicted octanol–water partition coefficient (Wildman–Crippen LogP) is 5.72. The molecule has 2 aromatic heterocycles. The van der Waals surface area contributed by atoms with Crippen molar-refractivity contribution < 1.29 is 4.79 Å². The van der Waals surface area contributed by atoms with Gasteiger partial charge in [0.05, 0.1) is 5.69 Å². The summed E-state index contributed by atoms with van der Waals surface area (Å²) in [6.45, 7) is 9.13. The normalized spacial score (nSPS) is 12.7. The first kappa shape index (κ1) is 28.3. The third-order valence-electron chi connectivity index (χ3n) is 4.75. The summed E-state index contributed by atoms with van der Waals surface area (Å²) in [6, 6.07) is 12.9. The van der Waals surface area contributed by atoms with E-state index in [1.165, 1.54) is 22.6 Å². The van der Waals surface area contributed by atoms with Crippen LogP contribution in [-0.2, 0) is 0 Å². The number of carbonyl (C=O) groups is 1. The molecule has 0 aliphatic heterocycles. The van der Waals surface area contributed by atoms with Gasteiger partial charge >= 0.3 is 74.0 Å². The molecule has 5 nitrogen and oxygen atoms in total. The molecule has 1 aliphatic carbocycles. The number of aromatic nitrogens is 3. The molecule has 1 aliphatic rings. The van der Waals surface area contributed by atoms with Gasteiger partial charge in [-0.2, -0.15) is 4.98 Å². The molecule has 0 saturated heterocycles. The molecule has 1 aromatic carbocycles. The van der Waals surface area contributed by atoms with Gasteiger partial charge in [-0.15, -0.1) is 0 Å². The Morgan fingerprint density at radius 2 is 1.81 bits per heavy atom. The Labute approximate surface area is 204 Å². The van der Waals surface area contributed by atoms with Crippen LogP contribution in [0.25, 0.3) is 11.0 Å². The third-order valence-corrected chi connectivity index (χ3v) is 7.06. The first-order chi connectivity index (χ1) is 15.7. The minimum absolute atomic E-state index is 0.229. The Balaban J connectivity index is 0.000000297. The predicted molar refractivity (Wildman–Crippen MR) is 139 cm³/mol. The number of nitrogens with zero attached hydrogens (tertiary/aromatic N) is 3. The first-order valence-corrected chi connectivity index (χ1v) is 14.0. The van der Waals surface area contributed by atoms with E-state index < -0.39 is 0 Å². The number of carbonyl (C=O) groups excluding carboxylic acids is 1. The maximum Gasteiger partial charge on any atom is 0.224 e. The quantitative estimate of drug-likeness (QED) is 0.194. The van der Waals surface area contributed by atoms with E-state index in [1.807, 2.05) is 45.4 Å². The number of hydrogen-bond acceptors (Lipinski definition) is 4. The van der Waals surface area contributed by atoms with Crippen LogP contribution in [0.15, 0.2) is 42.6 Å². The van der Waals surface area contributed by atoms with Crippen LogP contribution < -0.4 is 9.78 Å². The van der Waals surface area contributed by atoms with E-state index in [2.05, 4.69) is 45.6 Å². The van der Waals surface area contributed by atoms with E-state index in [4.69, 9.17) is 11.6 Å². The average Bonchev–Trinajstić information content (AvgIpc) is 3.50. The van der Waals surface area contributed by atoms with Gasteiger partial charge in [0, 0.05) is 17.6 Å². The van der Waals surface area contributed by atoms with E-state index in [9.17, 15) is 4.79 Å². The first-order valence-electron chi connectivity index (χ1n) is 11.5. The Hall–Kier alpha value is -1.72. The summed E-state index contributed by atoms with van der Waals surface area (Å²) in [5.41, 5.74) is 1.45. The van der Waals surface area contributed by atoms with E-state index >= 15 is 0 Å². The number of hydrogen-bond donors (Lipinski definition) is 1. The van der Waals surface area contributed by atoms with Crippen molar-refractivity contribution in [2.24, 2.45) is 0 Å². The molecule has 2 heterocycles. The van der Waals surface area contributed by atoms with E-state index in [0.29, 0.717) is 26.7 Å². The molecule has 7 heteroatoms. The van der Waals surface area contributed by atoms with Gasteiger partial charge in [-0.05, 0) is 30.5 Å². The van der Waals surface area contributed by atoms with Gasteiger partial charge < -0.3 is 4.57 Å². The van der Waals surface area contributed by atoms with Crippen LogP contribution >= 0.6 is 11.6 Å². The molecule has 0 amide bonds. The van der Waals surface area contributed by atoms with Crippen molar-refractivity contribution in [2.45, 2.75) is 64.7 Å². The second kappa shape index (κ2) is 16.8. The number of benzene rings is 1. The van der Waals surface area contributed by atoms with Crippen molar-refractivity contribution in [1.29, 1.82) is 0 Å². The molecule has 0 radical (unpaired) electrons. The van der Waals surface area contributed by atoms with Crippen LogP contribution in [0.1, 0.15) is 69.9 Å². The van der Waals surface area contributed by atoms with E-state index in [1.54, 1.807) is 6.20 Å². The summed E-state index contributed by atoms with van der Waals surface area (Å²) in [6.07, 6.45) is 7.18. The monoisotopic (exact) mass is 524 g/mol. The fourth-order valence-electron chi connectivity index (χ4n) is 3.43. The summed E-state index contributed by atoms with van der Waals surface area (Å²) in [5, 5.41) is 5.55. The number of aldehydes is 1. The van der Waals surface area contributed by atoms with Crippen molar-refractivity contribution in [3.05, 3.63) is 53.6 Å². The third kappa shape index (κ3) is 8.67. The maximum atomic E-state index is 11.1. The van der Waals surface area contributed by atoms with E-state index in [0.717, 1.165) is 36.7 Å². The summed E-state index contributed by atoms with van der Waals surface area (Å²) in [7, 11) is 2.00. The maximum absolute atomic E-state index is 11.1. The molecule has 1 fully saturated rings. The molecule has 32 heavy (non-hydrogen) atoms. The zero-order chi connectivity index (χ0) is 23.8. The SMILES string of the molecule is CC.CC.CNCC[Se]c1ccccc1.O=Cc1cc2cnc(Cl)nc2n1C1CCCC1. The van der Waals surface area contributed by atoms with Crippen molar-refractivity contribution in [1.82, 2.24) is 19.9 Å². The molecule has 3 aromatic rings. The second-order valence-electron chi connectivity index (χ2n) is 6.68. The van der Waals surface area contributed by atoms with Crippen LogP contribution in [0.4, 0.5) is 0 Å². The van der Waals surface area contributed by atoms with Crippen LogP contribution in [0, 0.1) is 0 Å². The van der Waals surface area contributed by atoms with Gasteiger partial charge in [0.2, 0.25) is 5.28 Å². The van der Waals surface area contributed by atoms with Gasteiger partial charge in [0.15, 0.2) is 6.29 Å². The Morgan fingerprint density at radius 3 is 2.41 bits per heavy atom. The van der Waals surface area contributed by atoms with Gasteiger partial charge in [-0.1, -0.05) is 40.5 Å². The molecular weight excluding hydrogens is 487 g/mol. The van der Waals surface area contributed by atoms with Gasteiger partial charge in [0.25, 0.3) is 0 Å². The summed E-state index contributed by atoms with van der Waals surface area (Å²) in [5.74, 6) is 0. The summed E-state index contributed by atoms with van der Waals surface area (Å²) >= 11 is 6.48. The van der Waals surface area contributed by atoms with Crippen molar-refractivity contribution in [3.63, 3.8) is 0 Å². The Bertz CT molecular complexity index is 896. The number of nitrogens with one attached hydrogen (secondary N) is 1. The fraction of sp³-hybridized carbons (Fsp3) is 0.480. The van der Waals surface area contributed by atoms with Crippen LogP contribution in [0.3, 0.4) is 0 Å². The van der Waals surface area contributed by atoms with Gasteiger partial charge in [-0.3, -0.25) is 4.79 Å². The molecule has 0 atom stereocenters. The standard InChI is InChI=1S/C12H12ClN3O.C9H13NSe.2C2H6/c13-12-14-6-8-5-10(7-17)16(11(8)15-12)9-3-1-2-4-9;1-10-7-8-11-9-5-3-2-4-6-9;2*1-2/h5-7,9H,1-4H2;2-6,10H,7-8H2,1H3;2*1-2H3.